The van der Waals surface area contributed by atoms with E-state index in [4.69, 9.17) is 4.74 Å². The lowest BCUT2D eigenvalue weighted by atomic mass is 10.2. The van der Waals surface area contributed by atoms with Gasteiger partial charge in [-0.3, -0.25) is 14.5 Å². The fraction of sp³-hybridized carbons (Fsp3) is 0.368. The molecule has 0 aliphatic carbocycles. The first-order valence-corrected chi connectivity index (χ1v) is 13.6. The number of rotatable bonds is 7. The van der Waals surface area contributed by atoms with Crippen molar-refractivity contribution in [1.82, 2.24) is 14.3 Å². The monoisotopic (exact) mass is 498 g/mol. The number of nitrogens with one attached hydrogen (secondary N) is 2. The van der Waals surface area contributed by atoms with Crippen LogP contribution in [0.4, 0.5) is 0 Å². The molecule has 32 heavy (non-hydrogen) atoms. The number of carbonyl (C=O) groups excluding carboxylic acids is 1. The third kappa shape index (κ3) is 4.86. The van der Waals surface area contributed by atoms with Crippen LogP contribution in [0.3, 0.4) is 0 Å². The molecule has 1 amide bonds. The zero-order valence-corrected chi connectivity index (χ0v) is 19.4. The van der Waals surface area contributed by atoms with Crippen molar-refractivity contribution in [3.8, 4) is 0 Å². The number of sulfonamides is 2. The highest BCUT2D eigenvalue weighted by molar-refractivity contribution is 7.91. The number of amidine groups is 1. The van der Waals surface area contributed by atoms with E-state index in [1.165, 1.54) is 10.4 Å². The molecule has 1 aromatic carbocycles. The summed E-state index contributed by atoms with van der Waals surface area (Å²) in [5.41, 5.74) is 0.487. The van der Waals surface area contributed by atoms with Gasteiger partial charge in [0.25, 0.3) is 20.0 Å². The number of benzene rings is 1. The van der Waals surface area contributed by atoms with E-state index < -0.39 is 20.0 Å². The van der Waals surface area contributed by atoms with Crippen molar-refractivity contribution in [2.75, 3.05) is 32.8 Å². The van der Waals surface area contributed by atoms with Gasteiger partial charge < -0.3 is 10.1 Å². The normalized spacial score (nSPS) is 19.4. The first kappa shape index (κ1) is 22.9. The van der Waals surface area contributed by atoms with E-state index in [0.717, 1.165) is 11.3 Å². The summed E-state index contributed by atoms with van der Waals surface area (Å²) < 4.78 is 58.7. The molecule has 1 saturated heterocycles. The lowest BCUT2D eigenvalue weighted by molar-refractivity contribution is -0.121. The molecule has 2 aliphatic rings. The Morgan fingerprint density at radius 1 is 1.19 bits per heavy atom. The number of hydrogen-bond donors (Lipinski definition) is 2. The van der Waals surface area contributed by atoms with Crippen LogP contribution in [0.25, 0.3) is 0 Å². The van der Waals surface area contributed by atoms with Gasteiger partial charge in [0.15, 0.2) is 0 Å². The predicted molar refractivity (Wildman–Crippen MR) is 119 cm³/mol. The molecule has 172 valence electrons. The standard InChI is InChI=1S/C19H22N4O6S3/c24-17(7-8-20-19-15-3-1-2-4-16(15)31(25,26)22-19)21-13-14-5-6-18(30-14)32(27,28)23-9-11-29-12-10-23/h1-6H,7-13H2,(H,20,22)(H,21,24). The Labute approximate surface area is 190 Å². The molecule has 0 spiro atoms. The topological polar surface area (TPSA) is 134 Å². The zero-order valence-electron chi connectivity index (χ0n) is 17.0. The summed E-state index contributed by atoms with van der Waals surface area (Å²) in [6, 6.07) is 9.75. The Hall–Kier alpha value is -2.32. The van der Waals surface area contributed by atoms with Crippen LogP contribution in [0.5, 0.6) is 0 Å². The number of morpholine rings is 1. The molecular formula is C19H22N4O6S3. The van der Waals surface area contributed by atoms with E-state index in [0.29, 0.717) is 36.7 Å². The van der Waals surface area contributed by atoms with Crippen molar-refractivity contribution >= 4 is 43.1 Å². The molecule has 0 atom stereocenters. The van der Waals surface area contributed by atoms with Gasteiger partial charge in [-0.25, -0.2) is 16.8 Å². The van der Waals surface area contributed by atoms with Gasteiger partial charge in [0.2, 0.25) is 5.91 Å². The number of ether oxygens (including phenoxy) is 1. The molecule has 1 fully saturated rings. The highest BCUT2D eigenvalue weighted by Crippen LogP contribution is 2.25. The second kappa shape index (κ2) is 9.27. The number of aliphatic imine (C=N–C) groups is 1. The highest BCUT2D eigenvalue weighted by atomic mass is 32.2. The van der Waals surface area contributed by atoms with Crippen LogP contribution in [-0.2, 0) is 36.1 Å². The van der Waals surface area contributed by atoms with Crippen LogP contribution in [0.1, 0.15) is 16.9 Å². The van der Waals surface area contributed by atoms with E-state index in [-0.39, 0.29) is 40.4 Å². The van der Waals surface area contributed by atoms with Crippen molar-refractivity contribution in [2.45, 2.75) is 22.1 Å². The fourth-order valence-corrected chi connectivity index (χ4v) is 7.41. The Bertz CT molecular complexity index is 1250. The molecule has 0 unspecified atom stereocenters. The van der Waals surface area contributed by atoms with Crippen LogP contribution in [0.2, 0.25) is 0 Å². The Morgan fingerprint density at radius 2 is 1.94 bits per heavy atom. The molecule has 2 aliphatic heterocycles. The number of hydrogen-bond acceptors (Lipinski definition) is 8. The van der Waals surface area contributed by atoms with Crippen molar-refractivity contribution in [3.05, 3.63) is 46.8 Å². The molecule has 0 bridgehead atoms. The van der Waals surface area contributed by atoms with Crippen LogP contribution in [-0.4, -0.2) is 65.7 Å². The van der Waals surface area contributed by atoms with Crippen molar-refractivity contribution in [3.63, 3.8) is 0 Å². The highest BCUT2D eigenvalue weighted by Gasteiger charge is 2.30. The average Bonchev–Trinajstić information content (AvgIpc) is 3.36. The van der Waals surface area contributed by atoms with Gasteiger partial charge in [-0.2, -0.15) is 4.31 Å². The molecule has 2 aromatic rings. The summed E-state index contributed by atoms with van der Waals surface area (Å²) in [6.45, 7) is 1.73. The molecule has 4 rings (SSSR count). The summed E-state index contributed by atoms with van der Waals surface area (Å²) in [6.07, 6.45) is 0.0672. The summed E-state index contributed by atoms with van der Waals surface area (Å²) in [5, 5.41) is 2.74. The van der Waals surface area contributed by atoms with Gasteiger partial charge in [0, 0.05) is 30.0 Å². The van der Waals surface area contributed by atoms with Gasteiger partial charge in [0.05, 0.1) is 31.2 Å². The lowest BCUT2D eigenvalue weighted by Gasteiger charge is -2.25. The minimum absolute atomic E-state index is 0.0672. The molecule has 13 heteroatoms. The first-order chi connectivity index (χ1) is 15.3. The first-order valence-electron chi connectivity index (χ1n) is 9.87. The molecule has 1 aromatic heterocycles. The fourth-order valence-electron chi connectivity index (χ4n) is 3.30. The zero-order chi connectivity index (χ0) is 22.8. The van der Waals surface area contributed by atoms with Crippen molar-refractivity contribution < 1.29 is 26.4 Å². The third-order valence-electron chi connectivity index (χ3n) is 4.93. The lowest BCUT2D eigenvalue weighted by Crippen LogP contribution is -2.40. The quantitative estimate of drug-likeness (QED) is 0.571. The number of nitrogens with zero attached hydrogens (tertiary/aromatic N) is 2. The maximum atomic E-state index is 12.7. The largest absolute Gasteiger partial charge is 0.379 e. The Balaban J connectivity index is 1.30. The maximum Gasteiger partial charge on any atom is 0.263 e. The van der Waals surface area contributed by atoms with E-state index in [1.807, 2.05) is 0 Å². The van der Waals surface area contributed by atoms with Crippen molar-refractivity contribution in [2.24, 2.45) is 4.99 Å². The molecule has 10 nitrogen and oxygen atoms in total. The van der Waals surface area contributed by atoms with Crippen LogP contribution in [0, 0.1) is 0 Å². The van der Waals surface area contributed by atoms with E-state index in [1.54, 1.807) is 30.3 Å². The second-order valence-corrected chi connectivity index (χ2v) is 12.1. The van der Waals surface area contributed by atoms with E-state index >= 15 is 0 Å². The summed E-state index contributed by atoms with van der Waals surface area (Å²) in [4.78, 5) is 17.3. The number of carbonyl (C=O) groups is 1. The van der Waals surface area contributed by atoms with Crippen LogP contribution < -0.4 is 10.0 Å². The maximum absolute atomic E-state index is 12.7. The second-order valence-electron chi connectivity index (χ2n) is 7.10. The Kier molecular flexibility index (Phi) is 6.62. The summed E-state index contributed by atoms with van der Waals surface area (Å²) >= 11 is 1.12. The molecule has 3 heterocycles. The van der Waals surface area contributed by atoms with Crippen LogP contribution >= 0.6 is 11.3 Å². The van der Waals surface area contributed by atoms with Gasteiger partial charge in [-0.15, -0.1) is 11.3 Å². The SMILES string of the molecule is O=C(CCN=C1NS(=O)(=O)c2ccccc21)NCc1ccc(S(=O)(=O)N2CCOCC2)s1. The third-order valence-corrected chi connectivity index (χ3v) is 9.78. The van der Waals surface area contributed by atoms with Gasteiger partial charge in [-0.1, -0.05) is 12.1 Å². The molecular weight excluding hydrogens is 476 g/mol. The number of fused-ring (bicyclic) bond motifs is 1. The number of thiophene rings is 1. The minimum atomic E-state index is -3.61. The average molecular weight is 499 g/mol. The Morgan fingerprint density at radius 3 is 2.72 bits per heavy atom. The van der Waals surface area contributed by atoms with Crippen molar-refractivity contribution in [1.29, 1.82) is 0 Å². The predicted octanol–water partition coefficient (Wildman–Crippen LogP) is 0.514. The number of amides is 1. The molecule has 0 saturated carbocycles. The van der Waals surface area contributed by atoms with Gasteiger partial charge >= 0.3 is 0 Å². The van der Waals surface area contributed by atoms with Gasteiger partial charge in [-0.05, 0) is 24.3 Å². The van der Waals surface area contributed by atoms with Crippen LogP contribution in [0.15, 0.2) is 50.5 Å². The summed E-state index contributed by atoms with van der Waals surface area (Å²) in [7, 11) is -7.16. The molecule has 0 radical (unpaired) electrons. The van der Waals surface area contributed by atoms with E-state index in [9.17, 15) is 21.6 Å². The van der Waals surface area contributed by atoms with Gasteiger partial charge in [0.1, 0.15) is 10.0 Å². The summed E-state index contributed by atoms with van der Waals surface area (Å²) in [5.74, 6) is -0.0425. The van der Waals surface area contributed by atoms with E-state index in [2.05, 4.69) is 15.0 Å². The minimum Gasteiger partial charge on any atom is -0.379 e. The molecule has 2 N–H and O–H groups in total. The smallest absolute Gasteiger partial charge is 0.263 e.